The number of anilines is 1. The van der Waals surface area contributed by atoms with Crippen LogP contribution in [0.25, 0.3) is 0 Å². The third-order valence-electron chi connectivity index (χ3n) is 7.95. The molecule has 3 atom stereocenters. The van der Waals surface area contributed by atoms with Gasteiger partial charge in [0.25, 0.3) is 5.69 Å². The largest absolute Gasteiger partial charge is 0.480 e. The van der Waals surface area contributed by atoms with E-state index in [1.54, 1.807) is 30.3 Å². The van der Waals surface area contributed by atoms with E-state index < -0.39 is 40.9 Å². The molecule has 0 aliphatic carbocycles. The summed E-state index contributed by atoms with van der Waals surface area (Å²) in [5.74, 6) is -2.51. The molecule has 4 rings (SSSR count). The van der Waals surface area contributed by atoms with Gasteiger partial charge in [-0.3, -0.25) is 14.9 Å². The van der Waals surface area contributed by atoms with Gasteiger partial charge in [-0.15, -0.1) is 0 Å². The topological polar surface area (TPSA) is 177 Å². The number of ether oxygens (including phenoxy) is 1. The highest BCUT2D eigenvalue weighted by Gasteiger charge is 2.43. The average Bonchev–Trinajstić information content (AvgIpc) is 3.53. The number of nitrogens with two attached hydrogens (primary N) is 1. The summed E-state index contributed by atoms with van der Waals surface area (Å²) in [5, 5.41) is 32.4. The minimum Gasteiger partial charge on any atom is -0.480 e. The van der Waals surface area contributed by atoms with Crippen molar-refractivity contribution in [1.29, 1.82) is 0 Å². The van der Waals surface area contributed by atoms with Gasteiger partial charge in [-0.05, 0) is 75.3 Å². The van der Waals surface area contributed by atoms with Gasteiger partial charge >= 0.3 is 11.9 Å². The molecule has 0 spiro atoms. The second-order valence-electron chi connectivity index (χ2n) is 10.9. The van der Waals surface area contributed by atoms with Gasteiger partial charge in [0.2, 0.25) is 5.91 Å². The molecule has 0 bridgehead atoms. The molecule has 12 nitrogen and oxygen atoms in total. The van der Waals surface area contributed by atoms with Crippen molar-refractivity contribution in [2.45, 2.75) is 63.1 Å². The number of para-hydroxylation sites is 1. The van der Waals surface area contributed by atoms with Gasteiger partial charge in [-0.2, -0.15) is 0 Å². The van der Waals surface area contributed by atoms with Gasteiger partial charge in [0.15, 0.2) is 5.75 Å². The molecule has 1 aliphatic rings. The fraction of sp³-hybridized carbons (Fsp3) is 0.364. The predicted octanol–water partition coefficient (Wildman–Crippen LogP) is 4.85. The van der Waals surface area contributed by atoms with E-state index in [2.05, 4.69) is 0 Å². The maximum absolute atomic E-state index is 14.4. The Hall–Kier alpha value is -4.97. The summed E-state index contributed by atoms with van der Waals surface area (Å²) < 4.78 is 6.14. The van der Waals surface area contributed by atoms with Gasteiger partial charge in [0.1, 0.15) is 23.9 Å². The van der Waals surface area contributed by atoms with Crippen LogP contribution in [0.1, 0.15) is 44.1 Å². The van der Waals surface area contributed by atoms with Gasteiger partial charge in [0, 0.05) is 12.6 Å². The maximum Gasteiger partial charge on any atom is 0.326 e. The molecule has 1 amide bonds. The van der Waals surface area contributed by atoms with Crippen LogP contribution in [0.15, 0.2) is 78.9 Å². The molecule has 4 N–H and O–H groups in total. The Labute approximate surface area is 261 Å². The second kappa shape index (κ2) is 15.7. The number of hydrogen-bond donors (Lipinski definition) is 3. The lowest BCUT2D eigenvalue weighted by Crippen LogP contribution is -2.56. The number of nitrogens with zero attached hydrogens (tertiary/aromatic N) is 3. The lowest BCUT2D eigenvalue weighted by Gasteiger charge is -2.40. The smallest absolute Gasteiger partial charge is 0.326 e. The summed E-state index contributed by atoms with van der Waals surface area (Å²) in [6.07, 6.45) is 2.42. The molecule has 0 saturated carbocycles. The molecular weight excluding hydrogens is 580 g/mol. The Morgan fingerprint density at radius 3 is 2.29 bits per heavy atom. The molecule has 0 radical (unpaired) electrons. The first-order chi connectivity index (χ1) is 21.7. The number of carbonyl (C=O) groups is 3. The van der Waals surface area contributed by atoms with E-state index in [1.165, 1.54) is 28.0 Å². The Balaban J connectivity index is 1.88. The first kappa shape index (κ1) is 32.9. The summed E-state index contributed by atoms with van der Waals surface area (Å²) in [4.78, 5) is 53.5. The van der Waals surface area contributed by atoms with E-state index in [1.807, 2.05) is 30.3 Å². The first-order valence-corrected chi connectivity index (χ1v) is 15.0. The van der Waals surface area contributed by atoms with Gasteiger partial charge in [-0.1, -0.05) is 48.5 Å². The highest BCUT2D eigenvalue weighted by molar-refractivity contribution is 5.92. The lowest BCUT2D eigenvalue weighted by atomic mass is 9.97. The van der Waals surface area contributed by atoms with Crippen LogP contribution < -0.4 is 15.4 Å². The van der Waals surface area contributed by atoms with Crippen molar-refractivity contribution in [3.63, 3.8) is 0 Å². The van der Waals surface area contributed by atoms with E-state index in [-0.39, 0.29) is 42.9 Å². The quantitative estimate of drug-likeness (QED) is 0.114. The van der Waals surface area contributed by atoms with Crippen molar-refractivity contribution in [2.24, 2.45) is 5.73 Å². The summed E-state index contributed by atoms with van der Waals surface area (Å²) in [6, 6.07) is 18.3. The van der Waals surface area contributed by atoms with E-state index >= 15 is 0 Å². The zero-order valence-corrected chi connectivity index (χ0v) is 24.9. The molecule has 3 aromatic carbocycles. The van der Waals surface area contributed by atoms with Crippen molar-refractivity contribution >= 4 is 29.2 Å². The summed E-state index contributed by atoms with van der Waals surface area (Å²) >= 11 is 0. The number of hydrogen-bond acceptors (Lipinski definition) is 8. The van der Waals surface area contributed by atoms with Gasteiger partial charge in [-0.25, -0.2) is 9.59 Å². The fourth-order valence-corrected chi connectivity index (χ4v) is 5.75. The number of benzene rings is 3. The number of aliphatic carboxylic acids is 2. The highest BCUT2D eigenvalue weighted by atomic mass is 16.6. The third-order valence-corrected chi connectivity index (χ3v) is 7.95. The molecule has 238 valence electrons. The number of amides is 1. The van der Waals surface area contributed by atoms with Crippen LogP contribution in [0.3, 0.4) is 0 Å². The molecule has 12 heteroatoms. The molecule has 1 fully saturated rings. The number of carboxylic acid groups (broad SMARTS) is 2. The van der Waals surface area contributed by atoms with Gasteiger partial charge in [0.05, 0.1) is 16.7 Å². The fourth-order valence-electron chi connectivity index (χ4n) is 5.75. The highest BCUT2D eigenvalue weighted by Crippen LogP contribution is 2.40. The number of rotatable bonds is 16. The number of nitro benzene ring substituents is 1. The Morgan fingerprint density at radius 2 is 1.67 bits per heavy atom. The molecule has 0 unspecified atom stereocenters. The molecule has 1 heterocycles. The lowest BCUT2D eigenvalue weighted by molar-refractivity contribution is -0.384. The Kier molecular flexibility index (Phi) is 11.5. The number of unbranched alkanes of at least 4 members (excludes halogenated alkanes) is 1. The molecule has 0 aromatic heterocycles. The number of carboxylic acids is 2. The van der Waals surface area contributed by atoms with Crippen LogP contribution >= 0.6 is 0 Å². The van der Waals surface area contributed by atoms with Crippen LogP contribution in [-0.4, -0.2) is 69.1 Å². The third kappa shape index (κ3) is 8.36. The zero-order valence-electron chi connectivity index (χ0n) is 24.9. The standard InChI is InChI=1S/C33H38N4O8/c34-20-8-7-14-27(31(38)35-21-9-15-28(35)32(39)40)36(29(33(41)42)18-16-23-10-3-1-4-11-23)26-19-17-24(37(43)44)22-30(26)45-25-12-5-2-6-13-25/h1-6,10-13,17,19,22,27-29H,7-9,14-16,18,20-21,34H2,(H,39,40)(H,41,42)/t27-,28-,29-/m0/s1. The van der Waals surface area contributed by atoms with Crippen molar-refractivity contribution in [1.82, 2.24) is 4.90 Å². The normalized spacial score (nSPS) is 15.7. The summed E-state index contributed by atoms with van der Waals surface area (Å²) in [6.45, 7) is 0.561. The van der Waals surface area contributed by atoms with Crippen molar-refractivity contribution in [3.8, 4) is 11.5 Å². The molecular formula is C33H38N4O8. The van der Waals surface area contributed by atoms with E-state index in [4.69, 9.17) is 10.5 Å². The minimum atomic E-state index is -1.28. The predicted molar refractivity (Wildman–Crippen MR) is 167 cm³/mol. The van der Waals surface area contributed by atoms with Crippen LogP contribution in [0.2, 0.25) is 0 Å². The molecule has 3 aromatic rings. The Bertz CT molecular complexity index is 1470. The van der Waals surface area contributed by atoms with E-state index in [0.717, 1.165) is 5.56 Å². The monoisotopic (exact) mass is 618 g/mol. The number of likely N-dealkylation sites (tertiary alicyclic amines) is 1. The molecule has 1 saturated heterocycles. The van der Waals surface area contributed by atoms with Crippen molar-refractivity contribution < 1.29 is 34.3 Å². The minimum absolute atomic E-state index is 0.00538. The van der Waals surface area contributed by atoms with Gasteiger partial charge < -0.3 is 30.5 Å². The first-order valence-electron chi connectivity index (χ1n) is 15.0. The number of non-ortho nitro benzene ring substituents is 1. The summed E-state index contributed by atoms with van der Waals surface area (Å²) in [5.41, 5.74) is 6.55. The zero-order chi connectivity index (χ0) is 32.3. The number of nitro groups is 1. The molecule has 45 heavy (non-hydrogen) atoms. The second-order valence-corrected chi connectivity index (χ2v) is 10.9. The van der Waals surface area contributed by atoms with Crippen molar-refractivity contribution in [2.75, 3.05) is 18.0 Å². The molecule has 1 aliphatic heterocycles. The van der Waals surface area contributed by atoms with E-state index in [9.17, 15) is 34.7 Å². The summed E-state index contributed by atoms with van der Waals surface area (Å²) in [7, 11) is 0. The van der Waals surface area contributed by atoms with Crippen LogP contribution in [0, 0.1) is 10.1 Å². The Morgan fingerprint density at radius 1 is 0.978 bits per heavy atom. The van der Waals surface area contributed by atoms with E-state index in [0.29, 0.717) is 38.0 Å². The number of aryl methyl sites for hydroxylation is 1. The van der Waals surface area contributed by atoms with Crippen LogP contribution in [0.5, 0.6) is 11.5 Å². The SMILES string of the molecule is NCCCC[C@@H](C(=O)N1CCC[C@H]1C(=O)O)N(c1ccc([N+](=O)[O-])cc1Oc1ccccc1)[C@@H](CCc1ccccc1)C(=O)O. The van der Waals surface area contributed by atoms with Crippen LogP contribution in [-0.2, 0) is 20.8 Å². The number of carbonyl (C=O) groups excluding carboxylic acids is 1. The van der Waals surface area contributed by atoms with Crippen LogP contribution in [0.4, 0.5) is 11.4 Å². The average molecular weight is 619 g/mol. The van der Waals surface area contributed by atoms with Crippen molar-refractivity contribution in [3.05, 3.63) is 94.5 Å². The maximum atomic E-state index is 14.4.